The summed E-state index contributed by atoms with van der Waals surface area (Å²) in [5, 5.41) is 0. The molecule has 0 radical (unpaired) electrons. The Morgan fingerprint density at radius 2 is 1.88 bits per heavy atom. The van der Waals surface area contributed by atoms with Gasteiger partial charge in [-0.2, -0.15) is 0 Å². The first kappa shape index (κ1) is 15.9. The van der Waals surface area contributed by atoms with Crippen molar-refractivity contribution in [2.75, 3.05) is 7.11 Å². The van der Waals surface area contributed by atoms with Crippen LogP contribution in [0.5, 0.6) is 0 Å². The Balaban J connectivity index is 0.00000256. The number of carbonyl (C=O) groups excluding carboxylic acids is 1. The number of nitrogens with two attached hydrogens (primary N) is 1. The maximum absolute atomic E-state index is 11.2. The Hall–Kier alpha value is -1.06. The minimum absolute atomic E-state index is 0. The van der Waals surface area contributed by atoms with E-state index in [1.54, 1.807) is 12.1 Å². The van der Waals surface area contributed by atoms with Crippen molar-refractivity contribution < 1.29 is 9.53 Å². The number of esters is 1. The van der Waals surface area contributed by atoms with Crippen LogP contribution in [0.1, 0.15) is 42.2 Å². The van der Waals surface area contributed by atoms with E-state index in [0.717, 1.165) is 12.0 Å². The van der Waals surface area contributed by atoms with Crippen molar-refractivity contribution in [2.45, 2.75) is 26.3 Å². The van der Waals surface area contributed by atoms with Gasteiger partial charge in [-0.15, -0.1) is 12.4 Å². The van der Waals surface area contributed by atoms with Crippen LogP contribution in [0.25, 0.3) is 0 Å². The summed E-state index contributed by atoms with van der Waals surface area (Å²) in [7, 11) is 1.38. The van der Waals surface area contributed by atoms with E-state index in [1.807, 2.05) is 12.1 Å². The van der Waals surface area contributed by atoms with Crippen LogP contribution in [0.2, 0.25) is 0 Å². The van der Waals surface area contributed by atoms with Crippen LogP contribution in [0, 0.1) is 5.92 Å². The van der Waals surface area contributed by atoms with E-state index in [0.29, 0.717) is 11.5 Å². The summed E-state index contributed by atoms with van der Waals surface area (Å²) < 4.78 is 4.64. The third-order valence-electron chi connectivity index (χ3n) is 2.97. The molecule has 17 heavy (non-hydrogen) atoms. The van der Waals surface area contributed by atoms with Crippen LogP contribution in [0.3, 0.4) is 0 Å². The molecule has 2 atom stereocenters. The zero-order chi connectivity index (χ0) is 12.1. The van der Waals surface area contributed by atoms with Gasteiger partial charge in [0, 0.05) is 6.04 Å². The fourth-order valence-electron chi connectivity index (χ4n) is 1.54. The molecule has 4 heteroatoms. The molecule has 3 nitrogen and oxygen atoms in total. The van der Waals surface area contributed by atoms with E-state index >= 15 is 0 Å². The first-order chi connectivity index (χ1) is 7.60. The van der Waals surface area contributed by atoms with Gasteiger partial charge in [-0.25, -0.2) is 4.79 Å². The Bertz CT molecular complexity index is 351. The van der Waals surface area contributed by atoms with Crippen molar-refractivity contribution in [2.24, 2.45) is 11.7 Å². The van der Waals surface area contributed by atoms with Gasteiger partial charge in [0.05, 0.1) is 12.7 Å². The molecule has 1 unspecified atom stereocenters. The molecule has 1 aromatic carbocycles. The summed E-state index contributed by atoms with van der Waals surface area (Å²) >= 11 is 0. The third kappa shape index (κ3) is 4.02. The molecule has 1 aromatic rings. The summed E-state index contributed by atoms with van der Waals surface area (Å²) in [6.07, 6.45) is 1.04. The van der Waals surface area contributed by atoms with Crippen molar-refractivity contribution >= 4 is 18.4 Å². The molecule has 0 bridgehead atoms. The highest BCUT2D eigenvalue weighted by molar-refractivity contribution is 5.89. The molecule has 2 N–H and O–H groups in total. The Labute approximate surface area is 109 Å². The van der Waals surface area contributed by atoms with E-state index in [1.165, 1.54) is 7.11 Å². The quantitative estimate of drug-likeness (QED) is 0.844. The van der Waals surface area contributed by atoms with Gasteiger partial charge in [-0.3, -0.25) is 0 Å². The maximum Gasteiger partial charge on any atom is 0.337 e. The number of hydrogen-bond donors (Lipinski definition) is 1. The minimum atomic E-state index is -0.316. The fraction of sp³-hybridized carbons (Fsp3) is 0.462. The molecule has 0 fully saturated rings. The molecule has 0 aliphatic rings. The first-order valence-electron chi connectivity index (χ1n) is 5.54. The lowest BCUT2D eigenvalue weighted by molar-refractivity contribution is 0.0600. The number of benzene rings is 1. The predicted octanol–water partition coefficient (Wildman–Crippen LogP) is 2.94. The average molecular weight is 258 g/mol. The highest BCUT2D eigenvalue weighted by atomic mass is 35.5. The molecule has 0 aromatic heterocycles. The van der Waals surface area contributed by atoms with Gasteiger partial charge in [0.1, 0.15) is 0 Å². The maximum atomic E-state index is 11.2. The standard InChI is InChI=1S/C13H19NO2.ClH/c1-4-9(2)12(14)10-5-7-11(8-6-10)13(15)16-3;/h5-9,12H,4,14H2,1-3H3;1H/t9?,12-;/m1./s1. The van der Waals surface area contributed by atoms with Gasteiger partial charge in [-0.1, -0.05) is 32.4 Å². The molecule has 0 heterocycles. The molecule has 0 aliphatic carbocycles. The van der Waals surface area contributed by atoms with Crippen molar-refractivity contribution in [1.29, 1.82) is 0 Å². The second kappa shape index (κ2) is 7.30. The van der Waals surface area contributed by atoms with Crippen LogP contribution >= 0.6 is 12.4 Å². The Morgan fingerprint density at radius 3 is 2.29 bits per heavy atom. The largest absolute Gasteiger partial charge is 0.465 e. The number of hydrogen-bond acceptors (Lipinski definition) is 3. The molecule has 1 rings (SSSR count). The average Bonchev–Trinajstić information content (AvgIpc) is 2.36. The fourth-order valence-corrected chi connectivity index (χ4v) is 1.54. The van der Waals surface area contributed by atoms with E-state index in [2.05, 4.69) is 18.6 Å². The summed E-state index contributed by atoms with van der Waals surface area (Å²) in [6.45, 7) is 4.24. The number of ether oxygens (including phenoxy) is 1. The summed E-state index contributed by atoms with van der Waals surface area (Å²) in [5.74, 6) is 0.118. The zero-order valence-corrected chi connectivity index (χ0v) is 11.3. The van der Waals surface area contributed by atoms with Gasteiger partial charge >= 0.3 is 5.97 Å². The van der Waals surface area contributed by atoms with Gasteiger partial charge in [0.25, 0.3) is 0 Å². The van der Waals surface area contributed by atoms with E-state index in [9.17, 15) is 4.79 Å². The smallest absolute Gasteiger partial charge is 0.337 e. The second-order valence-electron chi connectivity index (χ2n) is 4.02. The Kier molecular flexibility index (Phi) is 6.85. The summed E-state index contributed by atoms with van der Waals surface area (Å²) in [6, 6.07) is 7.32. The molecular weight excluding hydrogens is 238 g/mol. The summed E-state index contributed by atoms with van der Waals surface area (Å²) in [5.41, 5.74) is 7.71. The number of halogens is 1. The van der Waals surface area contributed by atoms with Gasteiger partial charge in [-0.05, 0) is 23.6 Å². The highest BCUT2D eigenvalue weighted by Gasteiger charge is 2.13. The van der Waals surface area contributed by atoms with Crippen LogP contribution < -0.4 is 5.73 Å². The molecule has 0 saturated carbocycles. The van der Waals surface area contributed by atoms with E-state index in [-0.39, 0.29) is 24.4 Å². The van der Waals surface area contributed by atoms with Gasteiger partial charge in [0.15, 0.2) is 0 Å². The highest BCUT2D eigenvalue weighted by Crippen LogP contribution is 2.22. The normalized spacial score (nSPS) is 13.4. The molecular formula is C13H20ClNO2. The van der Waals surface area contributed by atoms with E-state index < -0.39 is 0 Å². The lowest BCUT2D eigenvalue weighted by Crippen LogP contribution is -2.18. The lowest BCUT2D eigenvalue weighted by Gasteiger charge is -2.18. The molecule has 96 valence electrons. The van der Waals surface area contributed by atoms with Crippen molar-refractivity contribution in [3.8, 4) is 0 Å². The van der Waals surface area contributed by atoms with Crippen molar-refractivity contribution in [3.63, 3.8) is 0 Å². The van der Waals surface area contributed by atoms with Gasteiger partial charge < -0.3 is 10.5 Å². The molecule has 0 spiro atoms. The van der Waals surface area contributed by atoms with Gasteiger partial charge in [0.2, 0.25) is 0 Å². The minimum Gasteiger partial charge on any atom is -0.465 e. The van der Waals surface area contributed by atoms with Crippen LogP contribution in [-0.2, 0) is 4.74 Å². The molecule has 0 aliphatic heterocycles. The monoisotopic (exact) mass is 257 g/mol. The van der Waals surface area contributed by atoms with Crippen LogP contribution in [0.15, 0.2) is 24.3 Å². The molecule has 0 saturated heterocycles. The number of rotatable bonds is 4. The molecule has 0 amide bonds. The summed E-state index contributed by atoms with van der Waals surface area (Å²) in [4.78, 5) is 11.2. The van der Waals surface area contributed by atoms with E-state index in [4.69, 9.17) is 5.73 Å². The topological polar surface area (TPSA) is 52.3 Å². The van der Waals surface area contributed by atoms with Crippen molar-refractivity contribution in [1.82, 2.24) is 0 Å². The Morgan fingerprint density at radius 1 is 1.35 bits per heavy atom. The lowest BCUT2D eigenvalue weighted by atomic mass is 9.93. The number of methoxy groups -OCH3 is 1. The predicted molar refractivity (Wildman–Crippen MR) is 71.4 cm³/mol. The number of carbonyl (C=O) groups is 1. The van der Waals surface area contributed by atoms with Crippen LogP contribution in [0.4, 0.5) is 0 Å². The second-order valence-corrected chi connectivity index (χ2v) is 4.02. The zero-order valence-electron chi connectivity index (χ0n) is 10.5. The first-order valence-corrected chi connectivity index (χ1v) is 5.54. The SMILES string of the molecule is CCC(C)[C@@H](N)c1ccc(C(=O)OC)cc1.Cl. The van der Waals surface area contributed by atoms with Crippen LogP contribution in [-0.4, -0.2) is 13.1 Å². The van der Waals surface area contributed by atoms with Crippen molar-refractivity contribution in [3.05, 3.63) is 35.4 Å². The third-order valence-corrected chi connectivity index (χ3v) is 2.97.